The molecule has 0 radical (unpaired) electrons. The summed E-state index contributed by atoms with van der Waals surface area (Å²) in [5.41, 5.74) is 8.42. The summed E-state index contributed by atoms with van der Waals surface area (Å²) in [5.74, 6) is 0.0923. The Morgan fingerprint density at radius 1 is 1.19 bits per heavy atom. The van der Waals surface area contributed by atoms with Crippen molar-refractivity contribution >= 4 is 11.6 Å². The van der Waals surface area contributed by atoms with E-state index in [1.165, 1.54) is 6.42 Å². The normalized spacial score (nSPS) is 22.4. The number of anilines is 1. The van der Waals surface area contributed by atoms with Crippen LogP contribution in [0, 0.1) is 5.92 Å². The predicted octanol–water partition coefficient (Wildman–Crippen LogP) is 2.28. The second-order valence-corrected chi connectivity index (χ2v) is 6.19. The molecule has 0 aromatic heterocycles. The highest BCUT2D eigenvalue weighted by atomic mass is 16.1. The highest BCUT2D eigenvalue weighted by Gasteiger charge is 2.26. The van der Waals surface area contributed by atoms with Crippen molar-refractivity contribution in [2.24, 2.45) is 11.7 Å². The van der Waals surface area contributed by atoms with Gasteiger partial charge in [0.25, 0.3) is 0 Å². The molecule has 1 aliphatic carbocycles. The number of benzene rings is 1. The topological polar surface area (TPSA) is 58.4 Å². The van der Waals surface area contributed by atoms with Crippen LogP contribution in [0.25, 0.3) is 0 Å². The van der Waals surface area contributed by atoms with Crippen LogP contribution in [-0.4, -0.2) is 26.0 Å². The Morgan fingerprint density at radius 2 is 1.86 bits per heavy atom. The Morgan fingerprint density at radius 3 is 2.52 bits per heavy atom. The predicted molar refractivity (Wildman–Crippen MR) is 87.2 cm³/mol. The molecular formula is C17H27N3O. The number of carbonyl (C=O) groups is 1. The molecule has 1 fully saturated rings. The van der Waals surface area contributed by atoms with E-state index in [0.29, 0.717) is 6.54 Å². The fourth-order valence-corrected chi connectivity index (χ4v) is 2.89. The lowest BCUT2D eigenvalue weighted by atomic mass is 9.94. The van der Waals surface area contributed by atoms with Gasteiger partial charge >= 0.3 is 0 Å². The first-order chi connectivity index (χ1) is 10.1. The van der Waals surface area contributed by atoms with Crippen LogP contribution < -0.4 is 16.0 Å². The van der Waals surface area contributed by atoms with Gasteiger partial charge in [0, 0.05) is 32.4 Å². The van der Waals surface area contributed by atoms with Crippen molar-refractivity contribution in [3.05, 3.63) is 29.8 Å². The van der Waals surface area contributed by atoms with E-state index in [4.69, 9.17) is 5.73 Å². The number of amides is 1. The molecule has 2 unspecified atom stereocenters. The van der Waals surface area contributed by atoms with Crippen molar-refractivity contribution in [3.8, 4) is 0 Å². The van der Waals surface area contributed by atoms with Crippen LogP contribution in [0.2, 0.25) is 0 Å². The van der Waals surface area contributed by atoms with Crippen LogP contribution in [0.5, 0.6) is 0 Å². The Balaban J connectivity index is 1.88. The summed E-state index contributed by atoms with van der Waals surface area (Å²) in [7, 11) is 4.04. The first kappa shape index (κ1) is 15.8. The molecule has 2 rings (SSSR count). The van der Waals surface area contributed by atoms with Gasteiger partial charge < -0.3 is 16.0 Å². The van der Waals surface area contributed by atoms with Gasteiger partial charge in [0.15, 0.2) is 0 Å². The fraction of sp³-hybridized carbons (Fsp3) is 0.588. The number of rotatable bonds is 4. The van der Waals surface area contributed by atoms with Crippen molar-refractivity contribution in [2.45, 2.75) is 44.7 Å². The first-order valence-electron chi connectivity index (χ1n) is 7.87. The van der Waals surface area contributed by atoms with E-state index in [-0.39, 0.29) is 17.9 Å². The lowest BCUT2D eigenvalue weighted by molar-refractivity contribution is -0.126. The maximum atomic E-state index is 12.3. The Labute approximate surface area is 127 Å². The molecular weight excluding hydrogens is 262 g/mol. The third-order valence-electron chi connectivity index (χ3n) is 4.33. The molecule has 3 N–H and O–H groups in total. The summed E-state index contributed by atoms with van der Waals surface area (Å²) in [4.78, 5) is 14.4. The van der Waals surface area contributed by atoms with E-state index in [9.17, 15) is 4.79 Å². The number of nitrogens with one attached hydrogen (secondary N) is 1. The van der Waals surface area contributed by atoms with Crippen LogP contribution in [0.15, 0.2) is 24.3 Å². The smallest absolute Gasteiger partial charge is 0.224 e. The molecule has 4 heteroatoms. The van der Waals surface area contributed by atoms with Gasteiger partial charge in [0.1, 0.15) is 0 Å². The standard InChI is InChI=1S/C17H27N3O/c1-20(2)14-10-8-13(9-11-14)12-19-17(21)15-6-4-3-5-7-16(15)18/h8-11,15-16H,3-7,12,18H2,1-2H3,(H,19,21). The average Bonchev–Trinajstić information content (AvgIpc) is 2.70. The number of nitrogens with two attached hydrogens (primary N) is 1. The highest BCUT2D eigenvalue weighted by molar-refractivity contribution is 5.79. The lowest BCUT2D eigenvalue weighted by Gasteiger charge is -2.20. The highest BCUT2D eigenvalue weighted by Crippen LogP contribution is 2.22. The van der Waals surface area contributed by atoms with E-state index >= 15 is 0 Å². The summed E-state index contributed by atoms with van der Waals surface area (Å²) < 4.78 is 0. The summed E-state index contributed by atoms with van der Waals surface area (Å²) in [6.45, 7) is 0.579. The fourth-order valence-electron chi connectivity index (χ4n) is 2.89. The van der Waals surface area contributed by atoms with Gasteiger partial charge in [-0.25, -0.2) is 0 Å². The third-order valence-corrected chi connectivity index (χ3v) is 4.33. The molecule has 0 aliphatic heterocycles. The maximum Gasteiger partial charge on any atom is 0.224 e. The monoisotopic (exact) mass is 289 g/mol. The van der Waals surface area contributed by atoms with Crippen LogP contribution in [0.4, 0.5) is 5.69 Å². The zero-order valence-corrected chi connectivity index (χ0v) is 13.1. The molecule has 0 spiro atoms. The van der Waals surface area contributed by atoms with E-state index in [1.54, 1.807) is 0 Å². The van der Waals surface area contributed by atoms with E-state index in [2.05, 4.69) is 34.5 Å². The first-order valence-corrected chi connectivity index (χ1v) is 7.87. The quantitative estimate of drug-likeness (QED) is 0.836. The molecule has 0 saturated heterocycles. The molecule has 4 nitrogen and oxygen atoms in total. The number of hydrogen-bond donors (Lipinski definition) is 2. The van der Waals surface area contributed by atoms with Gasteiger partial charge in [0.2, 0.25) is 5.91 Å². The minimum absolute atomic E-state index is 0.0172. The van der Waals surface area contributed by atoms with Gasteiger partial charge in [-0.2, -0.15) is 0 Å². The lowest BCUT2D eigenvalue weighted by Crippen LogP contribution is -2.41. The second-order valence-electron chi connectivity index (χ2n) is 6.19. The minimum Gasteiger partial charge on any atom is -0.378 e. The van der Waals surface area contributed by atoms with Crippen LogP contribution in [-0.2, 0) is 11.3 Å². The second kappa shape index (κ2) is 7.46. The van der Waals surface area contributed by atoms with E-state index in [0.717, 1.165) is 36.9 Å². The van der Waals surface area contributed by atoms with Crippen LogP contribution in [0.1, 0.15) is 37.7 Å². The van der Waals surface area contributed by atoms with E-state index < -0.39 is 0 Å². The zero-order chi connectivity index (χ0) is 15.2. The van der Waals surface area contributed by atoms with Gasteiger partial charge in [-0.15, -0.1) is 0 Å². The molecule has 1 amide bonds. The number of carbonyl (C=O) groups excluding carboxylic acids is 1. The summed E-state index contributed by atoms with van der Waals surface area (Å²) in [6, 6.07) is 8.27. The van der Waals surface area contributed by atoms with Gasteiger partial charge in [0.05, 0.1) is 5.92 Å². The largest absolute Gasteiger partial charge is 0.378 e. The summed E-state index contributed by atoms with van der Waals surface area (Å²) >= 11 is 0. The van der Waals surface area contributed by atoms with Crippen molar-refractivity contribution in [2.75, 3.05) is 19.0 Å². The molecule has 1 aliphatic rings. The molecule has 21 heavy (non-hydrogen) atoms. The number of nitrogens with zero attached hydrogens (tertiary/aromatic N) is 1. The summed E-state index contributed by atoms with van der Waals surface area (Å²) in [6.07, 6.45) is 5.35. The van der Waals surface area contributed by atoms with Crippen molar-refractivity contribution in [3.63, 3.8) is 0 Å². The third kappa shape index (κ3) is 4.46. The minimum atomic E-state index is -0.0199. The molecule has 1 saturated carbocycles. The van der Waals surface area contributed by atoms with Gasteiger partial charge in [-0.05, 0) is 30.5 Å². The molecule has 0 bridgehead atoms. The Hall–Kier alpha value is -1.55. The Kier molecular flexibility index (Phi) is 5.62. The van der Waals surface area contributed by atoms with E-state index in [1.807, 2.05) is 14.1 Å². The van der Waals surface area contributed by atoms with Crippen molar-refractivity contribution < 1.29 is 4.79 Å². The average molecular weight is 289 g/mol. The summed E-state index contributed by atoms with van der Waals surface area (Å²) in [5, 5.41) is 3.04. The van der Waals surface area contributed by atoms with Gasteiger partial charge in [-0.1, -0.05) is 31.4 Å². The number of hydrogen-bond acceptors (Lipinski definition) is 3. The maximum absolute atomic E-state index is 12.3. The van der Waals surface area contributed by atoms with Crippen molar-refractivity contribution in [1.29, 1.82) is 0 Å². The van der Waals surface area contributed by atoms with Crippen LogP contribution in [0.3, 0.4) is 0 Å². The molecule has 116 valence electrons. The van der Waals surface area contributed by atoms with Crippen molar-refractivity contribution in [1.82, 2.24) is 5.32 Å². The SMILES string of the molecule is CN(C)c1ccc(CNC(=O)C2CCCCCC2N)cc1. The molecule has 1 aromatic rings. The molecule has 0 heterocycles. The Bertz CT molecular complexity index is 456. The molecule has 1 aromatic carbocycles. The zero-order valence-electron chi connectivity index (χ0n) is 13.1. The molecule has 2 atom stereocenters. The van der Waals surface area contributed by atoms with Gasteiger partial charge in [-0.3, -0.25) is 4.79 Å². The van der Waals surface area contributed by atoms with Crippen LogP contribution >= 0.6 is 0 Å².